The molecule has 0 radical (unpaired) electrons. The number of hydrogen-bond acceptors (Lipinski definition) is 5. The van der Waals surface area contributed by atoms with Crippen molar-refractivity contribution in [3.05, 3.63) is 11.6 Å². The fourth-order valence-electron chi connectivity index (χ4n) is 9.94. The SMILES string of the molecule is C/C(=N\OC(=O)N(CCC1CCCCN1)C(C)C)[C@H]1CC[C@H]2[C@@H]3CCCC4=CC(=O)CC[C@]4(C)[C@H]3CCC[C@]12C. The molecule has 6 heteroatoms. The van der Waals surface area contributed by atoms with Crippen molar-refractivity contribution in [1.29, 1.82) is 0 Å². The van der Waals surface area contributed by atoms with Crippen LogP contribution in [0.1, 0.15) is 125 Å². The van der Waals surface area contributed by atoms with Crippen molar-refractivity contribution in [2.45, 2.75) is 137 Å². The molecule has 5 rings (SSSR count). The zero-order chi connectivity index (χ0) is 28.5. The van der Waals surface area contributed by atoms with Crippen LogP contribution in [0.25, 0.3) is 0 Å². The van der Waals surface area contributed by atoms with Crippen LogP contribution < -0.4 is 5.32 Å². The molecule has 4 aliphatic carbocycles. The van der Waals surface area contributed by atoms with E-state index < -0.39 is 0 Å². The van der Waals surface area contributed by atoms with E-state index in [9.17, 15) is 9.59 Å². The van der Waals surface area contributed by atoms with Gasteiger partial charge in [-0.2, -0.15) is 0 Å². The van der Waals surface area contributed by atoms with Gasteiger partial charge in [-0.1, -0.05) is 37.4 Å². The summed E-state index contributed by atoms with van der Waals surface area (Å²) in [6.45, 7) is 13.0. The van der Waals surface area contributed by atoms with Gasteiger partial charge in [0.05, 0.1) is 5.71 Å². The molecular formula is C34H55N3O3. The second-order valence-corrected chi connectivity index (χ2v) is 14.7. The van der Waals surface area contributed by atoms with Gasteiger partial charge in [-0.15, -0.1) is 0 Å². The Labute approximate surface area is 243 Å². The smallest absolute Gasteiger partial charge is 0.314 e. The summed E-state index contributed by atoms with van der Waals surface area (Å²) in [6, 6.07) is 0.582. The number of fused-ring (bicyclic) bond motifs is 5. The lowest BCUT2D eigenvalue weighted by Crippen LogP contribution is -2.42. The lowest BCUT2D eigenvalue weighted by Gasteiger charge is -2.46. The second-order valence-electron chi connectivity index (χ2n) is 14.7. The van der Waals surface area contributed by atoms with Gasteiger partial charge in [0.2, 0.25) is 0 Å². The number of oxime groups is 1. The van der Waals surface area contributed by atoms with Gasteiger partial charge >= 0.3 is 6.09 Å². The van der Waals surface area contributed by atoms with E-state index in [1.807, 2.05) is 11.0 Å². The molecule has 0 bridgehead atoms. The zero-order valence-electron chi connectivity index (χ0n) is 26.0. The van der Waals surface area contributed by atoms with Gasteiger partial charge in [0.25, 0.3) is 0 Å². The molecule has 0 aromatic rings. The first-order valence-electron chi connectivity index (χ1n) is 16.6. The molecule has 1 heterocycles. The first-order valence-corrected chi connectivity index (χ1v) is 16.6. The quantitative estimate of drug-likeness (QED) is 0.208. The molecule has 1 saturated heterocycles. The Morgan fingerprint density at radius 3 is 2.62 bits per heavy atom. The Hall–Kier alpha value is -1.69. The van der Waals surface area contributed by atoms with Crippen LogP contribution in [-0.4, -0.2) is 47.7 Å². The zero-order valence-corrected chi connectivity index (χ0v) is 26.0. The topological polar surface area (TPSA) is 71.0 Å². The number of amides is 1. The normalized spacial score (nSPS) is 38.5. The third-order valence-electron chi connectivity index (χ3n) is 12.2. The number of piperidine rings is 1. The summed E-state index contributed by atoms with van der Waals surface area (Å²) in [5, 5.41) is 8.14. The van der Waals surface area contributed by atoms with Crippen molar-refractivity contribution >= 4 is 17.6 Å². The summed E-state index contributed by atoms with van der Waals surface area (Å²) >= 11 is 0. The molecule has 5 aliphatic rings. The molecule has 4 fully saturated rings. The number of carbonyl (C=O) groups is 2. The van der Waals surface area contributed by atoms with Crippen molar-refractivity contribution in [2.24, 2.45) is 39.7 Å². The minimum absolute atomic E-state index is 0.0874. The van der Waals surface area contributed by atoms with Crippen molar-refractivity contribution in [3.63, 3.8) is 0 Å². The van der Waals surface area contributed by atoms with Crippen LogP contribution >= 0.6 is 0 Å². The summed E-state index contributed by atoms with van der Waals surface area (Å²) in [6.07, 6.45) is 17.8. The average Bonchev–Trinajstić information content (AvgIpc) is 3.10. The molecule has 1 amide bonds. The number of allylic oxidation sites excluding steroid dienone is 2. The highest BCUT2D eigenvalue weighted by atomic mass is 16.7. The lowest BCUT2D eigenvalue weighted by atomic mass is 9.58. The van der Waals surface area contributed by atoms with Gasteiger partial charge in [0, 0.05) is 31.0 Å². The van der Waals surface area contributed by atoms with Crippen LogP contribution in [-0.2, 0) is 9.63 Å². The van der Waals surface area contributed by atoms with Crippen LogP contribution in [0.3, 0.4) is 0 Å². The predicted octanol–water partition coefficient (Wildman–Crippen LogP) is 7.67. The third-order valence-corrected chi connectivity index (χ3v) is 12.2. The Morgan fingerprint density at radius 2 is 1.88 bits per heavy atom. The molecule has 1 N–H and O–H groups in total. The van der Waals surface area contributed by atoms with Gasteiger partial charge in [-0.25, -0.2) is 4.79 Å². The maximum absolute atomic E-state index is 13.2. The van der Waals surface area contributed by atoms with Gasteiger partial charge in [0.1, 0.15) is 0 Å². The van der Waals surface area contributed by atoms with Gasteiger partial charge in [-0.05, 0) is 133 Å². The Kier molecular flexibility index (Phi) is 9.14. The number of nitrogens with zero attached hydrogens (tertiary/aromatic N) is 2. The molecule has 1 aliphatic heterocycles. The number of carbonyl (C=O) groups excluding carboxylic acids is 2. The number of hydrogen-bond donors (Lipinski definition) is 1. The van der Waals surface area contributed by atoms with Crippen molar-refractivity contribution in [2.75, 3.05) is 13.1 Å². The molecule has 0 spiro atoms. The lowest BCUT2D eigenvalue weighted by molar-refractivity contribution is -0.116. The van der Waals surface area contributed by atoms with E-state index in [1.54, 1.807) is 0 Å². The van der Waals surface area contributed by atoms with Crippen LogP contribution in [0, 0.1) is 34.5 Å². The summed E-state index contributed by atoms with van der Waals surface area (Å²) in [4.78, 5) is 33.0. The maximum atomic E-state index is 13.2. The van der Waals surface area contributed by atoms with E-state index in [2.05, 4.69) is 45.1 Å². The Bertz CT molecular complexity index is 998. The molecular weight excluding hydrogens is 498 g/mol. The summed E-state index contributed by atoms with van der Waals surface area (Å²) < 4.78 is 0. The van der Waals surface area contributed by atoms with E-state index in [-0.39, 0.29) is 23.0 Å². The highest BCUT2D eigenvalue weighted by Crippen LogP contribution is 2.64. The molecule has 7 atom stereocenters. The van der Waals surface area contributed by atoms with E-state index in [0.29, 0.717) is 42.0 Å². The molecule has 3 saturated carbocycles. The van der Waals surface area contributed by atoms with E-state index in [1.165, 1.54) is 63.4 Å². The Balaban J connectivity index is 1.27. The van der Waals surface area contributed by atoms with Crippen molar-refractivity contribution in [3.8, 4) is 0 Å². The van der Waals surface area contributed by atoms with E-state index in [4.69, 9.17) is 4.84 Å². The standard InChI is InChI=1S/C34H55N3O3/c1-23(2)37(21-17-26-11-6-7-20-35-26)32(39)40-36-24(3)29-14-15-31-28-12-8-10-25-22-27(38)16-19-33(25,4)30(28)13-9-18-34(29,31)5/h22-23,26,28-31,35H,6-21H2,1-5H3/b36-24+/t26?,28-,29-,30+,31+,33+,34-/m1/s1. The molecule has 6 nitrogen and oxygen atoms in total. The molecule has 40 heavy (non-hydrogen) atoms. The molecule has 224 valence electrons. The summed E-state index contributed by atoms with van der Waals surface area (Å²) in [5.41, 5.74) is 2.83. The third kappa shape index (κ3) is 5.80. The minimum Gasteiger partial charge on any atom is -0.314 e. The summed E-state index contributed by atoms with van der Waals surface area (Å²) in [5.74, 6) is 2.76. The van der Waals surface area contributed by atoms with Crippen molar-refractivity contribution in [1.82, 2.24) is 10.2 Å². The van der Waals surface area contributed by atoms with Crippen molar-refractivity contribution < 1.29 is 14.4 Å². The average molecular weight is 554 g/mol. The van der Waals surface area contributed by atoms with E-state index in [0.717, 1.165) is 44.4 Å². The first-order chi connectivity index (χ1) is 19.1. The minimum atomic E-state index is -0.311. The maximum Gasteiger partial charge on any atom is 0.436 e. The summed E-state index contributed by atoms with van der Waals surface area (Å²) in [7, 11) is 0. The first kappa shape index (κ1) is 29.8. The van der Waals surface area contributed by atoms with Gasteiger partial charge in [-0.3, -0.25) is 9.63 Å². The largest absolute Gasteiger partial charge is 0.436 e. The fourth-order valence-corrected chi connectivity index (χ4v) is 9.94. The van der Waals surface area contributed by atoms with Crippen LogP contribution in [0.4, 0.5) is 4.79 Å². The Morgan fingerprint density at radius 1 is 1.05 bits per heavy atom. The number of rotatable bonds is 6. The molecule has 0 aromatic heterocycles. The van der Waals surface area contributed by atoms with Crippen LogP contribution in [0.5, 0.6) is 0 Å². The fraction of sp³-hybridized carbons (Fsp3) is 0.853. The van der Waals surface area contributed by atoms with Gasteiger partial charge < -0.3 is 10.2 Å². The van der Waals surface area contributed by atoms with Gasteiger partial charge in [0.15, 0.2) is 5.78 Å². The second kappa shape index (κ2) is 12.3. The monoisotopic (exact) mass is 553 g/mol. The predicted molar refractivity (Wildman–Crippen MR) is 161 cm³/mol. The highest BCUT2D eigenvalue weighted by molar-refractivity contribution is 5.91. The van der Waals surface area contributed by atoms with E-state index >= 15 is 0 Å². The molecule has 0 aromatic carbocycles. The van der Waals surface area contributed by atoms with Crippen LogP contribution in [0.2, 0.25) is 0 Å². The number of nitrogens with one attached hydrogen (secondary N) is 1. The highest BCUT2D eigenvalue weighted by Gasteiger charge is 2.56. The van der Waals surface area contributed by atoms with Crippen LogP contribution in [0.15, 0.2) is 16.8 Å². The number of ketones is 1. The molecule has 1 unspecified atom stereocenters.